The van der Waals surface area contributed by atoms with E-state index in [1.54, 1.807) is 0 Å². The maximum atomic E-state index is 2.35. The van der Waals surface area contributed by atoms with Crippen molar-refractivity contribution in [2.75, 3.05) is 0 Å². The molecule has 0 fully saturated rings. The molecule has 0 aliphatic carbocycles. The molecule has 0 saturated carbocycles. The summed E-state index contributed by atoms with van der Waals surface area (Å²) in [5.74, 6) is 0. The number of hydrogen-bond donors (Lipinski definition) is 0. The van der Waals surface area contributed by atoms with Crippen molar-refractivity contribution in [1.29, 1.82) is 0 Å². The Bertz CT molecular complexity index is 2130. The highest BCUT2D eigenvalue weighted by Gasteiger charge is 2.18. The zero-order valence-electron chi connectivity index (χ0n) is 20.9. The van der Waals surface area contributed by atoms with Crippen LogP contribution in [0.15, 0.2) is 146 Å². The molecule has 38 heavy (non-hydrogen) atoms. The fourth-order valence-corrected chi connectivity index (χ4v) is 6.26. The van der Waals surface area contributed by atoms with E-state index in [1.165, 1.54) is 76.1 Å². The third kappa shape index (κ3) is 3.17. The molecule has 0 radical (unpaired) electrons. The van der Waals surface area contributed by atoms with Gasteiger partial charge in [-0.3, -0.25) is 0 Å². The predicted octanol–water partition coefficient (Wildman–Crippen LogP) is 10.8. The lowest BCUT2D eigenvalue weighted by atomic mass is 9.83. The molecule has 0 spiro atoms. The Balaban J connectivity index is 1.61. The topological polar surface area (TPSA) is 0 Å². The van der Waals surface area contributed by atoms with Crippen LogP contribution in [0.1, 0.15) is 0 Å². The molecule has 0 bridgehead atoms. The van der Waals surface area contributed by atoms with Gasteiger partial charge in [0.2, 0.25) is 0 Å². The van der Waals surface area contributed by atoms with Gasteiger partial charge < -0.3 is 0 Å². The van der Waals surface area contributed by atoms with E-state index in [4.69, 9.17) is 0 Å². The zero-order valence-corrected chi connectivity index (χ0v) is 20.9. The molecular weight excluding hydrogens is 456 g/mol. The van der Waals surface area contributed by atoms with Crippen molar-refractivity contribution in [3.63, 3.8) is 0 Å². The van der Waals surface area contributed by atoms with Crippen molar-refractivity contribution in [3.8, 4) is 22.3 Å². The molecule has 0 unspecified atom stereocenters. The van der Waals surface area contributed by atoms with Crippen molar-refractivity contribution in [2.45, 2.75) is 0 Å². The minimum atomic E-state index is 1.25. The SMILES string of the molecule is c1ccc2cc(-c3cccc4cc5ccccc5c(-c5c6ccccc6cc6ccccc56)c34)ccc2c1. The summed E-state index contributed by atoms with van der Waals surface area (Å²) in [6.07, 6.45) is 0. The Kier molecular flexibility index (Phi) is 4.62. The van der Waals surface area contributed by atoms with Gasteiger partial charge in [0.25, 0.3) is 0 Å². The summed E-state index contributed by atoms with van der Waals surface area (Å²) in [5.41, 5.74) is 5.14. The molecule has 8 aromatic carbocycles. The minimum Gasteiger partial charge on any atom is -0.0616 e. The van der Waals surface area contributed by atoms with Crippen molar-refractivity contribution < 1.29 is 0 Å². The summed E-state index contributed by atoms with van der Waals surface area (Å²) in [6.45, 7) is 0. The standard InChI is InChI=1S/C38H24/c1-2-11-26-22-30(21-20-25(26)10-1)32-19-9-15-31-24-29-14-5-8-18-35(29)38(36(31)32)37-33-16-6-3-12-27(33)23-28-13-4-7-17-34(28)37/h1-24H. The minimum absolute atomic E-state index is 1.25. The smallest absolute Gasteiger partial charge is 0.000808 e. The van der Waals surface area contributed by atoms with Crippen LogP contribution in [0.2, 0.25) is 0 Å². The third-order valence-corrected chi connectivity index (χ3v) is 7.97. The Morgan fingerprint density at radius 2 is 0.789 bits per heavy atom. The van der Waals surface area contributed by atoms with Crippen molar-refractivity contribution in [2.24, 2.45) is 0 Å². The Hall–Kier alpha value is -4.94. The van der Waals surface area contributed by atoms with E-state index in [0.29, 0.717) is 0 Å². The largest absolute Gasteiger partial charge is 0.0616 e. The molecule has 0 saturated heterocycles. The van der Waals surface area contributed by atoms with Crippen molar-refractivity contribution >= 4 is 53.9 Å². The van der Waals surface area contributed by atoms with Crippen LogP contribution in [0.4, 0.5) is 0 Å². The first kappa shape index (κ1) is 21.2. The van der Waals surface area contributed by atoms with E-state index in [0.717, 1.165) is 0 Å². The van der Waals surface area contributed by atoms with E-state index >= 15 is 0 Å². The number of fused-ring (bicyclic) bond motifs is 5. The molecule has 176 valence electrons. The van der Waals surface area contributed by atoms with Crippen molar-refractivity contribution in [1.82, 2.24) is 0 Å². The van der Waals surface area contributed by atoms with Crippen LogP contribution >= 0.6 is 0 Å². The van der Waals surface area contributed by atoms with E-state index < -0.39 is 0 Å². The first-order valence-electron chi connectivity index (χ1n) is 13.2. The second kappa shape index (κ2) is 8.30. The normalized spacial score (nSPS) is 11.7. The summed E-state index contributed by atoms with van der Waals surface area (Å²) >= 11 is 0. The number of rotatable bonds is 2. The molecular formula is C38H24. The Morgan fingerprint density at radius 3 is 1.45 bits per heavy atom. The van der Waals surface area contributed by atoms with Gasteiger partial charge in [-0.25, -0.2) is 0 Å². The van der Waals surface area contributed by atoms with Crippen LogP contribution in [0.3, 0.4) is 0 Å². The molecule has 0 amide bonds. The van der Waals surface area contributed by atoms with Gasteiger partial charge in [0.1, 0.15) is 0 Å². The second-order valence-corrected chi connectivity index (χ2v) is 10.1. The highest BCUT2D eigenvalue weighted by molar-refractivity contribution is 6.25. The van der Waals surface area contributed by atoms with Gasteiger partial charge in [0, 0.05) is 0 Å². The lowest BCUT2D eigenvalue weighted by Gasteiger charge is -2.19. The van der Waals surface area contributed by atoms with Crippen LogP contribution in [0.5, 0.6) is 0 Å². The molecule has 0 heterocycles. The van der Waals surface area contributed by atoms with E-state index in [9.17, 15) is 0 Å². The van der Waals surface area contributed by atoms with Crippen LogP contribution in [0.25, 0.3) is 76.1 Å². The molecule has 8 aromatic rings. The van der Waals surface area contributed by atoms with Crippen LogP contribution in [-0.4, -0.2) is 0 Å². The van der Waals surface area contributed by atoms with E-state index in [1.807, 2.05) is 0 Å². The van der Waals surface area contributed by atoms with Gasteiger partial charge in [-0.05, 0) is 94.3 Å². The Labute approximate surface area is 221 Å². The molecule has 0 aliphatic heterocycles. The van der Waals surface area contributed by atoms with Gasteiger partial charge >= 0.3 is 0 Å². The van der Waals surface area contributed by atoms with Gasteiger partial charge in [-0.2, -0.15) is 0 Å². The van der Waals surface area contributed by atoms with Gasteiger partial charge in [0.05, 0.1) is 0 Å². The first-order valence-corrected chi connectivity index (χ1v) is 13.2. The number of hydrogen-bond acceptors (Lipinski definition) is 0. The number of benzene rings is 8. The quantitative estimate of drug-likeness (QED) is 0.216. The summed E-state index contributed by atoms with van der Waals surface area (Å²) in [4.78, 5) is 0. The van der Waals surface area contributed by atoms with E-state index in [2.05, 4.69) is 146 Å². The zero-order chi connectivity index (χ0) is 25.1. The first-order chi connectivity index (χ1) is 18.8. The molecule has 0 heteroatoms. The highest BCUT2D eigenvalue weighted by Crippen LogP contribution is 2.46. The average Bonchev–Trinajstić information content (AvgIpc) is 2.98. The molecule has 0 atom stereocenters. The summed E-state index contributed by atoms with van der Waals surface area (Å²) in [7, 11) is 0. The molecule has 8 rings (SSSR count). The third-order valence-electron chi connectivity index (χ3n) is 7.97. The predicted molar refractivity (Wildman–Crippen MR) is 165 cm³/mol. The fourth-order valence-electron chi connectivity index (χ4n) is 6.26. The average molecular weight is 481 g/mol. The monoisotopic (exact) mass is 480 g/mol. The Morgan fingerprint density at radius 1 is 0.289 bits per heavy atom. The molecule has 0 aliphatic rings. The molecule has 0 aromatic heterocycles. The van der Waals surface area contributed by atoms with Gasteiger partial charge in [-0.1, -0.05) is 127 Å². The van der Waals surface area contributed by atoms with Crippen LogP contribution in [0, 0.1) is 0 Å². The highest BCUT2D eigenvalue weighted by atomic mass is 14.2. The van der Waals surface area contributed by atoms with Crippen LogP contribution in [-0.2, 0) is 0 Å². The summed E-state index contributed by atoms with van der Waals surface area (Å²) in [5, 5.41) is 12.8. The lowest BCUT2D eigenvalue weighted by molar-refractivity contribution is 1.68. The van der Waals surface area contributed by atoms with E-state index in [-0.39, 0.29) is 0 Å². The fraction of sp³-hybridized carbons (Fsp3) is 0. The molecule has 0 nitrogen and oxygen atoms in total. The van der Waals surface area contributed by atoms with Gasteiger partial charge in [0.15, 0.2) is 0 Å². The maximum absolute atomic E-state index is 2.35. The lowest BCUT2D eigenvalue weighted by Crippen LogP contribution is -1.92. The summed E-state index contributed by atoms with van der Waals surface area (Å²) in [6, 6.07) is 53.4. The molecule has 0 N–H and O–H groups in total. The van der Waals surface area contributed by atoms with Gasteiger partial charge in [-0.15, -0.1) is 0 Å². The maximum Gasteiger partial charge on any atom is -0.000808 e. The van der Waals surface area contributed by atoms with Crippen molar-refractivity contribution in [3.05, 3.63) is 146 Å². The summed E-state index contributed by atoms with van der Waals surface area (Å²) < 4.78 is 0. The van der Waals surface area contributed by atoms with Crippen LogP contribution < -0.4 is 0 Å². The second-order valence-electron chi connectivity index (χ2n) is 10.1.